The third kappa shape index (κ3) is 3.13. The Kier molecular flexibility index (Phi) is 4.66. The Bertz CT molecular complexity index is 202. The molecule has 0 aliphatic rings. The van der Waals surface area contributed by atoms with Crippen molar-refractivity contribution in [3.63, 3.8) is 0 Å². The average Bonchev–Trinajstić information content (AvgIpc) is 2.16. The zero-order chi connectivity index (χ0) is 8.81. The Hall–Kier alpha value is -0.0500. The molecule has 0 saturated carbocycles. The number of halogens is 1. The highest BCUT2D eigenvalue weighted by atomic mass is 127. The van der Waals surface area contributed by atoms with E-state index in [1.807, 2.05) is 0 Å². The molecule has 12 heavy (non-hydrogen) atoms. The first-order valence-electron chi connectivity index (χ1n) is 4.46. The summed E-state index contributed by atoms with van der Waals surface area (Å²) in [5.41, 5.74) is 1.47. The summed E-state index contributed by atoms with van der Waals surface area (Å²) in [6.45, 7) is 2.27. The second-order valence-electron chi connectivity index (χ2n) is 3.12. The minimum Gasteiger partial charge on any atom is -0.0861 e. The van der Waals surface area contributed by atoms with Crippen LogP contribution in [0.3, 0.4) is 0 Å². The average molecular weight is 274 g/mol. The normalized spacial score (nSPS) is 12.8. The fraction of sp³-hybridized carbons (Fsp3) is 0.455. The third-order valence-electron chi connectivity index (χ3n) is 2.16. The van der Waals surface area contributed by atoms with E-state index in [1.165, 1.54) is 22.8 Å². The van der Waals surface area contributed by atoms with E-state index in [2.05, 4.69) is 59.8 Å². The van der Waals surface area contributed by atoms with Crippen molar-refractivity contribution in [2.75, 3.05) is 4.43 Å². The number of alkyl halides is 1. The molecule has 0 amide bonds. The summed E-state index contributed by atoms with van der Waals surface area (Å²) in [5, 5.41) is 0. The molecule has 0 fully saturated rings. The lowest BCUT2D eigenvalue weighted by atomic mass is 9.99. The summed E-state index contributed by atoms with van der Waals surface area (Å²) >= 11 is 2.48. The lowest BCUT2D eigenvalue weighted by Crippen LogP contribution is -2.03. The lowest BCUT2D eigenvalue weighted by molar-refractivity contribution is 0.578. The van der Waals surface area contributed by atoms with Gasteiger partial charge in [0.15, 0.2) is 0 Å². The van der Waals surface area contributed by atoms with Gasteiger partial charge in [0.05, 0.1) is 0 Å². The van der Waals surface area contributed by atoms with Crippen LogP contribution in [0.1, 0.15) is 18.9 Å². The van der Waals surface area contributed by atoms with Gasteiger partial charge in [-0.15, -0.1) is 0 Å². The quantitative estimate of drug-likeness (QED) is 0.580. The van der Waals surface area contributed by atoms with Gasteiger partial charge in [-0.25, -0.2) is 0 Å². The van der Waals surface area contributed by atoms with Gasteiger partial charge < -0.3 is 0 Å². The summed E-state index contributed by atoms with van der Waals surface area (Å²) in [5.74, 6) is 0.855. The van der Waals surface area contributed by atoms with Crippen molar-refractivity contribution in [1.29, 1.82) is 0 Å². The number of hydrogen-bond donors (Lipinski definition) is 0. The van der Waals surface area contributed by atoms with Gasteiger partial charge in [-0.05, 0) is 17.9 Å². The molecule has 1 atom stereocenters. The highest BCUT2D eigenvalue weighted by molar-refractivity contribution is 14.1. The van der Waals surface area contributed by atoms with E-state index >= 15 is 0 Å². The van der Waals surface area contributed by atoms with Gasteiger partial charge >= 0.3 is 0 Å². The first-order chi connectivity index (χ1) is 5.86. The summed E-state index contributed by atoms with van der Waals surface area (Å²) in [7, 11) is 0. The first kappa shape index (κ1) is 10.0. The Balaban J connectivity index is 2.51. The van der Waals surface area contributed by atoms with Crippen LogP contribution >= 0.6 is 22.6 Å². The van der Waals surface area contributed by atoms with E-state index in [0.717, 1.165) is 5.92 Å². The molecule has 1 unspecified atom stereocenters. The Morgan fingerprint density at radius 3 is 2.42 bits per heavy atom. The molecule has 0 nitrogen and oxygen atoms in total. The third-order valence-corrected chi connectivity index (χ3v) is 3.41. The second kappa shape index (κ2) is 5.57. The monoisotopic (exact) mass is 274 g/mol. The predicted molar refractivity (Wildman–Crippen MR) is 62.8 cm³/mol. The molecule has 0 saturated heterocycles. The van der Waals surface area contributed by atoms with Crippen LogP contribution in [0.25, 0.3) is 0 Å². The van der Waals surface area contributed by atoms with Gasteiger partial charge in [0, 0.05) is 4.43 Å². The van der Waals surface area contributed by atoms with Crippen LogP contribution in [0.5, 0.6) is 0 Å². The van der Waals surface area contributed by atoms with Crippen molar-refractivity contribution >= 4 is 22.6 Å². The molecule has 0 N–H and O–H groups in total. The highest BCUT2D eigenvalue weighted by Gasteiger charge is 2.04. The van der Waals surface area contributed by atoms with Crippen molar-refractivity contribution in [2.45, 2.75) is 19.8 Å². The van der Waals surface area contributed by atoms with Crippen LogP contribution in [0.15, 0.2) is 30.3 Å². The summed E-state index contributed by atoms with van der Waals surface area (Å²) in [6.07, 6.45) is 2.53. The molecule has 0 spiro atoms. The van der Waals surface area contributed by atoms with E-state index in [4.69, 9.17) is 0 Å². The molecule has 0 aromatic heterocycles. The standard InChI is InChI=1S/C11H15I/c1-2-10(9-12)8-11-6-4-3-5-7-11/h3-7,10H,2,8-9H2,1H3. The SMILES string of the molecule is CCC(CI)Cc1ccccc1. The molecule has 0 heterocycles. The Labute approximate surface area is 88.5 Å². The molecule has 1 heteroatoms. The smallest absolute Gasteiger partial charge is 0.00267 e. The number of benzene rings is 1. The lowest BCUT2D eigenvalue weighted by Gasteiger charge is -2.10. The fourth-order valence-electron chi connectivity index (χ4n) is 1.26. The topological polar surface area (TPSA) is 0 Å². The predicted octanol–water partition coefficient (Wildman–Crippen LogP) is 3.69. The molecular weight excluding hydrogens is 259 g/mol. The van der Waals surface area contributed by atoms with E-state index in [1.54, 1.807) is 0 Å². The minimum atomic E-state index is 0.855. The van der Waals surface area contributed by atoms with Crippen molar-refractivity contribution < 1.29 is 0 Å². The van der Waals surface area contributed by atoms with Gasteiger partial charge in [0.1, 0.15) is 0 Å². The molecule has 1 aromatic rings. The maximum absolute atomic E-state index is 2.48. The molecule has 0 bridgehead atoms. The van der Waals surface area contributed by atoms with E-state index in [0.29, 0.717) is 0 Å². The second-order valence-corrected chi connectivity index (χ2v) is 4.00. The van der Waals surface area contributed by atoms with E-state index in [-0.39, 0.29) is 0 Å². The van der Waals surface area contributed by atoms with Crippen LogP contribution in [-0.4, -0.2) is 4.43 Å². The zero-order valence-corrected chi connectivity index (χ0v) is 9.62. The van der Waals surface area contributed by atoms with Crippen LogP contribution in [0, 0.1) is 5.92 Å². The van der Waals surface area contributed by atoms with Crippen LogP contribution in [0.2, 0.25) is 0 Å². The zero-order valence-electron chi connectivity index (χ0n) is 7.46. The summed E-state index contributed by atoms with van der Waals surface area (Å²) in [4.78, 5) is 0. The fourth-order valence-corrected chi connectivity index (χ4v) is 2.19. The maximum atomic E-state index is 2.48. The Morgan fingerprint density at radius 1 is 1.25 bits per heavy atom. The number of rotatable bonds is 4. The maximum Gasteiger partial charge on any atom is 0.00267 e. The van der Waals surface area contributed by atoms with Crippen LogP contribution in [-0.2, 0) is 6.42 Å². The molecule has 0 aliphatic carbocycles. The largest absolute Gasteiger partial charge is 0.0861 e. The molecule has 1 rings (SSSR count). The highest BCUT2D eigenvalue weighted by Crippen LogP contribution is 2.14. The molecule has 1 aromatic carbocycles. The van der Waals surface area contributed by atoms with Crippen LogP contribution < -0.4 is 0 Å². The van der Waals surface area contributed by atoms with Gasteiger partial charge in [0.25, 0.3) is 0 Å². The molecular formula is C11H15I. The van der Waals surface area contributed by atoms with Gasteiger partial charge in [0.2, 0.25) is 0 Å². The molecule has 0 radical (unpaired) electrons. The van der Waals surface area contributed by atoms with E-state index < -0.39 is 0 Å². The van der Waals surface area contributed by atoms with Crippen molar-refractivity contribution in [3.05, 3.63) is 35.9 Å². The van der Waals surface area contributed by atoms with E-state index in [9.17, 15) is 0 Å². The molecule has 66 valence electrons. The van der Waals surface area contributed by atoms with Crippen molar-refractivity contribution in [1.82, 2.24) is 0 Å². The molecule has 0 aliphatic heterocycles. The first-order valence-corrected chi connectivity index (χ1v) is 5.99. The van der Waals surface area contributed by atoms with Gasteiger partial charge in [-0.3, -0.25) is 0 Å². The van der Waals surface area contributed by atoms with Crippen molar-refractivity contribution in [3.8, 4) is 0 Å². The number of hydrogen-bond acceptors (Lipinski definition) is 0. The van der Waals surface area contributed by atoms with Crippen LogP contribution in [0.4, 0.5) is 0 Å². The Morgan fingerprint density at radius 2 is 1.92 bits per heavy atom. The minimum absolute atomic E-state index is 0.855. The van der Waals surface area contributed by atoms with Gasteiger partial charge in [-0.2, -0.15) is 0 Å². The summed E-state index contributed by atoms with van der Waals surface area (Å²) in [6, 6.07) is 10.8. The van der Waals surface area contributed by atoms with Gasteiger partial charge in [-0.1, -0.05) is 66.3 Å². The van der Waals surface area contributed by atoms with Crippen molar-refractivity contribution in [2.24, 2.45) is 5.92 Å². The summed E-state index contributed by atoms with van der Waals surface area (Å²) < 4.78 is 1.27.